The SMILES string of the molecule is C=C(C(CC1OC1(C)C)OC(=O)/C(C)=C\C)[C@@H]1C[C@H](OC(=O)/C(C)=C\C)[C@]2(C)O[C@@H]2C1. The maximum absolute atomic E-state index is 12.5. The molecule has 2 heterocycles. The van der Waals surface area contributed by atoms with Crippen LogP contribution in [0.4, 0.5) is 0 Å². The first-order valence-electron chi connectivity index (χ1n) is 11.1. The van der Waals surface area contributed by atoms with E-state index >= 15 is 0 Å². The van der Waals surface area contributed by atoms with Gasteiger partial charge in [-0.1, -0.05) is 18.7 Å². The predicted octanol–water partition coefficient (Wildman–Crippen LogP) is 4.43. The third kappa shape index (κ3) is 4.96. The highest BCUT2D eigenvalue weighted by atomic mass is 16.6. The van der Waals surface area contributed by atoms with Crippen LogP contribution >= 0.6 is 0 Å². The third-order valence-electron chi connectivity index (χ3n) is 7.15. The first kappa shape index (κ1) is 23.7. The molecule has 2 unspecified atom stereocenters. The van der Waals surface area contributed by atoms with Crippen LogP contribution in [0.5, 0.6) is 0 Å². The van der Waals surface area contributed by atoms with E-state index in [1.807, 2.05) is 34.6 Å². The number of allylic oxidation sites excluding steroid dienone is 2. The van der Waals surface area contributed by atoms with E-state index in [-0.39, 0.29) is 41.8 Å². The van der Waals surface area contributed by atoms with Crippen molar-refractivity contribution in [2.75, 3.05) is 0 Å². The smallest absolute Gasteiger partial charge is 0.333 e. The summed E-state index contributed by atoms with van der Waals surface area (Å²) in [6.07, 6.45) is 4.62. The molecule has 0 bridgehead atoms. The molecule has 3 aliphatic rings. The molecule has 172 valence electrons. The first-order chi connectivity index (χ1) is 14.4. The molecule has 0 spiro atoms. The molecular weight excluding hydrogens is 396 g/mol. The van der Waals surface area contributed by atoms with E-state index in [0.717, 1.165) is 12.0 Å². The number of epoxide rings is 2. The van der Waals surface area contributed by atoms with Gasteiger partial charge in [-0.3, -0.25) is 0 Å². The molecule has 0 amide bonds. The number of carbonyl (C=O) groups excluding carboxylic acids is 2. The lowest BCUT2D eigenvalue weighted by Gasteiger charge is -2.34. The van der Waals surface area contributed by atoms with E-state index in [0.29, 0.717) is 24.0 Å². The second-order valence-electron chi connectivity index (χ2n) is 9.71. The Hall–Kier alpha value is -1.92. The van der Waals surface area contributed by atoms with Crippen LogP contribution in [0.15, 0.2) is 35.5 Å². The number of fused-ring (bicyclic) bond motifs is 1. The lowest BCUT2D eigenvalue weighted by molar-refractivity contribution is -0.149. The van der Waals surface area contributed by atoms with Crippen LogP contribution in [0.3, 0.4) is 0 Å². The van der Waals surface area contributed by atoms with Crippen molar-refractivity contribution < 1.29 is 28.5 Å². The van der Waals surface area contributed by atoms with E-state index in [4.69, 9.17) is 18.9 Å². The number of hydrogen-bond acceptors (Lipinski definition) is 6. The van der Waals surface area contributed by atoms with Gasteiger partial charge in [-0.15, -0.1) is 0 Å². The molecule has 0 radical (unpaired) electrons. The number of hydrogen-bond donors (Lipinski definition) is 0. The Balaban J connectivity index is 1.73. The summed E-state index contributed by atoms with van der Waals surface area (Å²) in [5, 5.41) is 0. The molecule has 1 saturated carbocycles. The van der Waals surface area contributed by atoms with Crippen molar-refractivity contribution in [1.82, 2.24) is 0 Å². The van der Waals surface area contributed by atoms with Gasteiger partial charge in [-0.05, 0) is 72.8 Å². The second-order valence-corrected chi connectivity index (χ2v) is 9.71. The van der Waals surface area contributed by atoms with Crippen LogP contribution in [-0.4, -0.2) is 47.6 Å². The minimum Gasteiger partial charge on any atom is -0.456 e. The number of rotatable bonds is 8. The Morgan fingerprint density at radius 2 is 1.65 bits per heavy atom. The monoisotopic (exact) mass is 432 g/mol. The van der Waals surface area contributed by atoms with Gasteiger partial charge in [-0.25, -0.2) is 9.59 Å². The molecule has 0 aromatic carbocycles. The Morgan fingerprint density at radius 1 is 1.06 bits per heavy atom. The molecule has 0 aromatic rings. The summed E-state index contributed by atoms with van der Waals surface area (Å²) in [5.41, 5.74) is 1.31. The van der Waals surface area contributed by atoms with Crippen LogP contribution in [0.1, 0.15) is 67.7 Å². The Labute approximate surface area is 185 Å². The maximum Gasteiger partial charge on any atom is 0.333 e. The molecule has 2 saturated heterocycles. The zero-order chi connectivity index (χ0) is 23.1. The van der Waals surface area contributed by atoms with Crippen LogP contribution in [0, 0.1) is 5.92 Å². The minimum absolute atomic E-state index is 0.00829. The van der Waals surface area contributed by atoms with Crippen LogP contribution in [0.25, 0.3) is 0 Å². The Kier molecular flexibility index (Phi) is 6.55. The van der Waals surface area contributed by atoms with Crippen molar-refractivity contribution in [2.45, 2.75) is 103 Å². The summed E-state index contributed by atoms with van der Waals surface area (Å²) in [6.45, 7) is 17.5. The summed E-state index contributed by atoms with van der Waals surface area (Å²) < 4.78 is 23.4. The fraction of sp³-hybridized carbons (Fsp3) is 0.680. The molecule has 6 heteroatoms. The van der Waals surface area contributed by atoms with Gasteiger partial charge < -0.3 is 18.9 Å². The normalized spacial score (nSPS) is 34.9. The lowest BCUT2D eigenvalue weighted by Crippen LogP contribution is -2.42. The number of ether oxygens (including phenoxy) is 4. The molecule has 3 fully saturated rings. The van der Waals surface area contributed by atoms with Gasteiger partial charge in [0.25, 0.3) is 0 Å². The summed E-state index contributed by atoms with van der Waals surface area (Å²) in [5.74, 6) is -0.647. The summed E-state index contributed by atoms with van der Waals surface area (Å²) >= 11 is 0. The van der Waals surface area contributed by atoms with E-state index in [9.17, 15) is 9.59 Å². The topological polar surface area (TPSA) is 77.7 Å². The van der Waals surface area contributed by atoms with Crippen molar-refractivity contribution in [3.05, 3.63) is 35.5 Å². The van der Waals surface area contributed by atoms with Gasteiger partial charge >= 0.3 is 11.9 Å². The zero-order valence-electron chi connectivity index (χ0n) is 19.8. The molecule has 3 rings (SSSR count). The van der Waals surface area contributed by atoms with Crippen LogP contribution < -0.4 is 0 Å². The van der Waals surface area contributed by atoms with Crippen molar-refractivity contribution in [1.29, 1.82) is 0 Å². The first-order valence-corrected chi connectivity index (χ1v) is 11.1. The largest absolute Gasteiger partial charge is 0.456 e. The van der Waals surface area contributed by atoms with E-state index in [1.54, 1.807) is 26.0 Å². The standard InChI is InChI=1S/C25H36O6/c1-9-14(3)22(26)28-18(13-19-24(6,7)30-19)16(5)17-11-20(25(8)21(12-17)31-25)29-23(27)15(4)10-2/h9-10,17-21H,5,11-13H2,1-4,6-8H3/b14-9-,15-10-/t17-,18?,19?,20+,21-,25+/m1/s1. The highest BCUT2D eigenvalue weighted by Gasteiger charge is 2.63. The summed E-state index contributed by atoms with van der Waals surface area (Å²) in [6, 6.07) is 0. The highest BCUT2D eigenvalue weighted by Crippen LogP contribution is 2.53. The van der Waals surface area contributed by atoms with Crippen molar-refractivity contribution in [3.8, 4) is 0 Å². The van der Waals surface area contributed by atoms with Crippen molar-refractivity contribution >= 4 is 11.9 Å². The van der Waals surface area contributed by atoms with Gasteiger partial charge in [0, 0.05) is 17.6 Å². The molecule has 0 N–H and O–H groups in total. The average Bonchev–Trinajstić information content (AvgIpc) is 3.58. The highest BCUT2D eigenvalue weighted by molar-refractivity contribution is 5.88. The van der Waals surface area contributed by atoms with Gasteiger partial charge in [-0.2, -0.15) is 0 Å². The summed E-state index contributed by atoms with van der Waals surface area (Å²) in [7, 11) is 0. The fourth-order valence-corrected chi connectivity index (χ4v) is 4.23. The molecule has 6 atom stereocenters. The van der Waals surface area contributed by atoms with Crippen LogP contribution in [0.2, 0.25) is 0 Å². The predicted molar refractivity (Wildman–Crippen MR) is 117 cm³/mol. The molecule has 6 nitrogen and oxygen atoms in total. The van der Waals surface area contributed by atoms with Gasteiger partial charge in [0.15, 0.2) is 0 Å². The Morgan fingerprint density at radius 3 is 2.19 bits per heavy atom. The van der Waals surface area contributed by atoms with E-state index < -0.39 is 11.7 Å². The number of carbonyl (C=O) groups is 2. The van der Waals surface area contributed by atoms with Crippen LogP contribution in [-0.2, 0) is 28.5 Å². The quantitative estimate of drug-likeness (QED) is 0.244. The zero-order valence-corrected chi connectivity index (χ0v) is 19.8. The maximum atomic E-state index is 12.5. The van der Waals surface area contributed by atoms with Gasteiger partial charge in [0.05, 0.1) is 17.8 Å². The van der Waals surface area contributed by atoms with Gasteiger partial charge in [0.2, 0.25) is 0 Å². The second kappa shape index (κ2) is 8.55. The lowest BCUT2D eigenvalue weighted by atomic mass is 9.75. The van der Waals surface area contributed by atoms with Crippen molar-refractivity contribution in [3.63, 3.8) is 0 Å². The van der Waals surface area contributed by atoms with E-state index in [2.05, 4.69) is 6.58 Å². The molecule has 2 aliphatic heterocycles. The summed E-state index contributed by atoms with van der Waals surface area (Å²) in [4.78, 5) is 24.9. The molecular formula is C25H36O6. The fourth-order valence-electron chi connectivity index (χ4n) is 4.23. The number of esters is 2. The van der Waals surface area contributed by atoms with Gasteiger partial charge in [0.1, 0.15) is 17.8 Å². The average molecular weight is 433 g/mol. The Bertz CT molecular complexity index is 822. The van der Waals surface area contributed by atoms with Crippen molar-refractivity contribution in [2.24, 2.45) is 5.92 Å². The minimum atomic E-state index is -0.462. The van der Waals surface area contributed by atoms with E-state index in [1.165, 1.54) is 0 Å². The third-order valence-corrected chi connectivity index (χ3v) is 7.15. The molecule has 0 aromatic heterocycles. The molecule has 31 heavy (non-hydrogen) atoms. The molecule has 1 aliphatic carbocycles.